The number of hydrogen-bond acceptors (Lipinski definition) is 2. The Kier molecular flexibility index (Phi) is 2.98. The number of benzene rings is 1. The van der Waals surface area contributed by atoms with E-state index in [1.807, 2.05) is 24.3 Å². The van der Waals surface area contributed by atoms with Crippen LogP contribution in [0.15, 0.2) is 28.7 Å². The van der Waals surface area contributed by atoms with E-state index in [1.165, 1.54) is 25.8 Å². The fourth-order valence-electron chi connectivity index (χ4n) is 4.72. The molecule has 19 heavy (non-hydrogen) atoms. The van der Waals surface area contributed by atoms with E-state index in [-0.39, 0.29) is 6.10 Å². The zero-order valence-corrected chi connectivity index (χ0v) is 12.6. The van der Waals surface area contributed by atoms with Crippen LogP contribution in [-0.2, 0) is 0 Å². The van der Waals surface area contributed by atoms with Crippen LogP contribution in [0.5, 0.6) is 0 Å². The number of hydrogen-bond donors (Lipinski definition) is 1. The van der Waals surface area contributed by atoms with Crippen molar-refractivity contribution in [2.75, 3.05) is 13.1 Å². The summed E-state index contributed by atoms with van der Waals surface area (Å²) >= 11 is 3.54. The minimum Gasteiger partial charge on any atom is -0.387 e. The van der Waals surface area contributed by atoms with Crippen LogP contribution in [0.3, 0.4) is 0 Å². The second-order valence-corrected chi connectivity index (χ2v) is 7.33. The Hall–Kier alpha value is -0.380. The van der Waals surface area contributed by atoms with Crippen LogP contribution < -0.4 is 0 Å². The van der Waals surface area contributed by atoms with Gasteiger partial charge in [0, 0.05) is 23.6 Å². The van der Waals surface area contributed by atoms with Crippen LogP contribution in [0.2, 0.25) is 0 Å². The maximum atomic E-state index is 10.5. The SMILES string of the molecule is OC(CN1CC2C3CCC(C3)C21)c1ccccc1Br. The quantitative estimate of drug-likeness (QED) is 0.924. The first-order valence-corrected chi connectivity index (χ1v) is 8.20. The van der Waals surface area contributed by atoms with Gasteiger partial charge in [-0.25, -0.2) is 0 Å². The third-order valence-electron chi connectivity index (χ3n) is 5.58. The molecule has 5 atom stereocenters. The highest BCUT2D eigenvalue weighted by Gasteiger charge is 2.56. The maximum absolute atomic E-state index is 10.5. The van der Waals surface area contributed by atoms with E-state index in [1.54, 1.807) is 0 Å². The summed E-state index contributed by atoms with van der Waals surface area (Å²) in [5.41, 5.74) is 1.02. The lowest BCUT2D eigenvalue weighted by molar-refractivity contribution is -0.0480. The largest absolute Gasteiger partial charge is 0.387 e. The molecule has 2 saturated carbocycles. The van der Waals surface area contributed by atoms with Gasteiger partial charge in [-0.1, -0.05) is 34.1 Å². The molecule has 1 heterocycles. The number of rotatable bonds is 3. The van der Waals surface area contributed by atoms with E-state index < -0.39 is 0 Å². The van der Waals surface area contributed by atoms with Crippen molar-refractivity contribution in [3.8, 4) is 0 Å². The first-order valence-electron chi connectivity index (χ1n) is 7.40. The van der Waals surface area contributed by atoms with Crippen molar-refractivity contribution in [3.05, 3.63) is 34.3 Å². The van der Waals surface area contributed by atoms with Gasteiger partial charge >= 0.3 is 0 Å². The Balaban J connectivity index is 1.44. The lowest BCUT2D eigenvalue weighted by atomic mass is 9.76. The average molecular weight is 322 g/mol. The van der Waals surface area contributed by atoms with E-state index in [2.05, 4.69) is 20.8 Å². The second-order valence-electron chi connectivity index (χ2n) is 6.48. The van der Waals surface area contributed by atoms with Gasteiger partial charge in [0.15, 0.2) is 0 Å². The van der Waals surface area contributed by atoms with E-state index >= 15 is 0 Å². The molecule has 1 aromatic carbocycles. The van der Waals surface area contributed by atoms with E-state index in [0.717, 1.165) is 40.4 Å². The van der Waals surface area contributed by atoms with Crippen LogP contribution >= 0.6 is 15.9 Å². The Bertz CT molecular complexity index is 489. The summed E-state index contributed by atoms with van der Waals surface area (Å²) in [6.45, 7) is 2.01. The topological polar surface area (TPSA) is 23.5 Å². The van der Waals surface area contributed by atoms with Gasteiger partial charge in [0.25, 0.3) is 0 Å². The molecule has 5 unspecified atom stereocenters. The molecular weight excluding hydrogens is 302 g/mol. The molecule has 3 fully saturated rings. The molecule has 0 aromatic heterocycles. The third kappa shape index (κ3) is 1.90. The van der Waals surface area contributed by atoms with Crippen molar-refractivity contribution in [1.29, 1.82) is 0 Å². The number of likely N-dealkylation sites (tertiary alicyclic amines) is 1. The lowest BCUT2D eigenvalue weighted by Gasteiger charge is -2.51. The number of β-amino-alcohol motifs (C(OH)–C–C–N with tert-alkyl or cyclic N) is 1. The molecule has 4 rings (SSSR count). The van der Waals surface area contributed by atoms with Gasteiger partial charge in [-0.2, -0.15) is 0 Å². The highest BCUT2D eigenvalue weighted by atomic mass is 79.9. The molecule has 2 bridgehead atoms. The summed E-state index contributed by atoms with van der Waals surface area (Å²) in [4.78, 5) is 2.53. The fraction of sp³-hybridized carbons (Fsp3) is 0.625. The van der Waals surface area contributed by atoms with Gasteiger partial charge in [0.1, 0.15) is 0 Å². The zero-order valence-electron chi connectivity index (χ0n) is 11.0. The van der Waals surface area contributed by atoms with Gasteiger partial charge in [0.05, 0.1) is 6.10 Å². The van der Waals surface area contributed by atoms with Crippen LogP contribution in [0.4, 0.5) is 0 Å². The third-order valence-corrected chi connectivity index (χ3v) is 6.30. The lowest BCUT2D eigenvalue weighted by Crippen LogP contribution is -2.59. The molecular formula is C16H20BrNO. The molecule has 0 radical (unpaired) electrons. The molecule has 1 saturated heterocycles. The Morgan fingerprint density at radius 2 is 2.05 bits per heavy atom. The molecule has 1 aliphatic heterocycles. The normalized spacial score (nSPS) is 38.0. The molecule has 0 amide bonds. The summed E-state index contributed by atoms with van der Waals surface area (Å²) in [5.74, 6) is 2.88. The summed E-state index contributed by atoms with van der Waals surface area (Å²) in [7, 11) is 0. The van der Waals surface area contributed by atoms with E-state index in [4.69, 9.17) is 0 Å². The minimum absolute atomic E-state index is 0.365. The van der Waals surface area contributed by atoms with Gasteiger partial charge in [-0.15, -0.1) is 0 Å². The van der Waals surface area contributed by atoms with Gasteiger partial charge in [-0.3, -0.25) is 4.90 Å². The molecule has 2 aliphatic carbocycles. The van der Waals surface area contributed by atoms with Crippen molar-refractivity contribution in [2.45, 2.75) is 31.4 Å². The van der Waals surface area contributed by atoms with Gasteiger partial charge < -0.3 is 5.11 Å². The minimum atomic E-state index is -0.365. The molecule has 3 aliphatic rings. The van der Waals surface area contributed by atoms with E-state index in [0.29, 0.717) is 0 Å². The van der Waals surface area contributed by atoms with Gasteiger partial charge in [-0.05, 0) is 48.6 Å². The van der Waals surface area contributed by atoms with Crippen LogP contribution in [0.25, 0.3) is 0 Å². The monoisotopic (exact) mass is 321 g/mol. The highest BCUT2D eigenvalue weighted by molar-refractivity contribution is 9.10. The second kappa shape index (κ2) is 4.57. The summed E-state index contributed by atoms with van der Waals surface area (Å²) < 4.78 is 1.02. The molecule has 3 heteroatoms. The summed E-state index contributed by atoms with van der Waals surface area (Å²) in [6, 6.07) is 8.81. The van der Waals surface area contributed by atoms with Crippen molar-refractivity contribution in [1.82, 2.24) is 4.90 Å². The van der Waals surface area contributed by atoms with Crippen molar-refractivity contribution >= 4 is 15.9 Å². The predicted octanol–water partition coefficient (Wildman–Crippen LogP) is 3.21. The highest BCUT2D eigenvalue weighted by Crippen LogP contribution is 2.55. The van der Waals surface area contributed by atoms with Crippen molar-refractivity contribution in [3.63, 3.8) is 0 Å². The molecule has 1 N–H and O–H groups in total. The fourth-order valence-corrected chi connectivity index (χ4v) is 5.27. The van der Waals surface area contributed by atoms with Crippen molar-refractivity contribution in [2.24, 2.45) is 17.8 Å². The molecule has 0 spiro atoms. The summed E-state index contributed by atoms with van der Waals surface area (Å²) in [6.07, 6.45) is 3.98. The number of nitrogens with zero attached hydrogens (tertiary/aromatic N) is 1. The Labute approximate surface area is 122 Å². The van der Waals surface area contributed by atoms with E-state index in [9.17, 15) is 5.11 Å². The van der Waals surface area contributed by atoms with Crippen LogP contribution in [0.1, 0.15) is 30.9 Å². The molecule has 2 nitrogen and oxygen atoms in total. The smallest absolute Gasteiger partial charge is 0.0927 e. The standard InChI is InChI=1S/C16H20BrNO/c17-14-4-2-1-3-12(14)15(19)9-18-8-13-10-5-6-11(7-10)16(13)18/h1-4,10-11,13,15-16,19H,5-9H2. The molecule has 102 valence electrons. The zero-order chi connectivity index (χ0) is 13.0. The maximum Gasteiger partial charge on any atom is 0.0927 e. The van der Waals surface area contributed by atoms with Gasteiger partial charge in [0.2, 0.25) is 0 Å². The number of fused-ring (bicyclic) bond motifs is 5. The Morgan fingerprint density at radius 1 is 1.26 bits per heavy atom. The first-order chi connectivity index (χ1) is 9.24. The summed E-state index contributed by atoms with van der Waals surface area (Å²) in [5, 5.41) is 10.5. The van der Waals surface area contributed by atoms with Crippen molar-refractivity contribution < 1.29 is 5.11 Å². The number of halogens is 1. The number of aliphatic hydroxyl groups excluding tert-OH is 1. The molecule has 1 aromatic rings. The number of aliphatic hydroxyl groups is 1. The van der Waals surface area contributed by atoms with Crippen LogP contribution in [-0.4, -0.2) is 29.1 Å². The average Bonchev–Trinajstić information content (AvgIpc) is 2.92. The predicted molar refractivity (Wildman–Crippen MR) is 78.8 cm³/mol. The Morgan fingerprint density at radius 3 is 2.84 bits per heavy atom. The van der Waals surface area contributed by atoms with Crippen LogP contribution in [0, 0.1) is 17.8 Å². The first kappa shape index (κ1) is 12.4.